The summed E-state index contributed by atoms with van der Waals surface area (Å²) in [4.78, 5) is 33.0. The molecule has 6 N–H and O–H groups in total. The third kappa shape index (κ3) is 8.20. The Bertz CT molecular complexity index is 1360. The SMILES string of the molecule is NC(N)=NCCC[C@@H]1N[C@H](CNC(=O)C2CC2c2cccc(F)c2)CCN(CC(c2ccccc2)c2ccccc2)C1=O. The number of nitrogens with one attached hydrogen (secondary N) is 2. The van der Waals surface area contributed by atoms with E-state index in [0.717, 1.165) is 16.7 Å². The van der Waals surface area contributed by atoms with Crippen LogP contribution in [0.25, 0.3) is 0 Å². The zero-order chi connectivity index (χ0) is 30.2. The number of nitrogens with two attached hydrogens (primary N) is 2. The maximum absolute atomic E-state index is 14.0. The van der Waals surface area contributed by atoms with E-state index in [1.165, 1.54) is 12.1 Å². The standard InChI is InChI=1S/C34H41FN6O2/c35-26-14-7-13-25(19-26)28-20-29(28)32(42)39-21-27-16-18-41(33(43)31(40-27)15-8-17-38-34(36)37)22-30(23-9-3-1-4-10-23)24-11-5-2-6-12-24/h1-7,9-14,19,27-31,40H,8,15-18,20-22H2,(H,39,42)(H4,36,37,38)/t27-,28?,29?,31-/m0/s1. The second kappa shape index (κ2) is 14.3. The summed E-state index contributed by atoms with van der Waals surface area (Å²) in [5.74, 6) is -0.311. The van der Waals surface area contributed by atoms with Gasteiger partial charge in [-0.05, 0) is 60.4 Å². The number of rotatable bonds is 12. The second-order valence-electron chi connectivity index (χ2n) is 11.6. The van der Waals surface area contributed by atoms with Gasteiger partial charge in [0.1, 0.15) is 5.82 Å². The summed E-state index contributed by atoms with van der Waals surface area (Å²) >= 11 is 0. The highest BCUT2D eigenvalue weighted by molar-refractivity contribution is 5.83. The number of carbonyl (C=O) groups is 2. The molecule has 0 bridgehead atoms. The molecular formula is C34H41FN6O2. The molecule has 226 valence electrons. The van der Waals surface area contributed by atoms with Gasteiger partial charge in [0.2, 0.25) is 11.8 Å². The molecule has 2 fully saturated rings. The molecule has 43 heavy (non-hydrogen) atoms. The Kier molecular flexibility index (Phi) is 10.0. The van der Waals surface area contributed by atoms with E-state index in [1.54, 1.807) is 6.07 Å². The van der Waals surface area contributed by atoms with Crippen LogP contribution in [0.3, 0.4) is 0 Å². The number of hydrogen-bond acceptors (Lipinski definition) is 4. The molecule has 0 aromatic heterocycles. The van der Waals surface area contributed by atoms with Crippen LogP contribution in [0.2, 0.25) is 0 Å². The lowest BCUT2D eigenvalue weighted by atomic mass is 9.90. The fourth-order valence-corrected chi connectivity index (χ4v) is 6.07. The number of guanidine groups is 1. The van der Waals surface area contributed by atoms with Crippen LogP contribution in [0.15, 0.2) is 89.9 Å². The van der Waals surface area contributed by atoms with Crippen molar-refractivity contribution in [2.75, 3.05) is 26.2 Å². The zero-order valence-corrected chi connectivity index (χ0v) is 24.4. The van der Waals surface area contributed by atoms with Gasteiger partial charge in [0, 0.05) is 44.1 Å². The molecule has 3 aromatic carbocycles. The molecular weight excluding hydrogens is 543 g/mol. The molecule has 2 unspecified atom stereocenters. The fourth-order valence-electron chi connectivity index (χ4n) is 6.07. The molecule has 9 heteroatoms. The Morgan fingerprint density at radius 3 is 2.37 bits per heavy atom. The first-order valence-electron chi connectivity index (χ1n) is 15.1. The van der Waals surface area contributed by atoms with Crippen LogP contribution in [0.4, 0.5) is 4.39 Å². The van der Waals surface area contributed by atoms with Crippen LogP contribution in [-0.2, 0) is 9.59 Å². The zero-order valence-electron chi connectivity index (χ0n) is 24.4. The van der Waals surface area contributed by atoms with E-state index in [9.17, 15) is 14.0 Å². The van der Waals surface area contributed by atoms with E-state index in [-0.39, 0.29) is 47.4 Å². The van der Waals surface area contributed by atoms with Crippen LogP contribution in [-0.4, -0.2) is 60.9 Å². The minimum Gasteiger partial charge on any atom is -0.370 e. The molecule has 1 aliphatic heterocycles. The highest BCUT2D eigenvalue weighted by atomic mass is 19.1. The number of benzene rings is 3. The molecule has 1 saturated carbocycles. The first-order valence-corrected chi connectivity index (χ1v) is 15.1. The van der Waals surface area contributed by atoms with Crippen molar-refractivity contribution in [1.29, 1.82) is 0 Å². The summed E-state index contributed by atoms with van der Waals surface area (Å²) in [6.07, 6.45) is 2.63. The Morgan fingerprint density at radius 1 is 1.02 bits per heavy atom. The van der Waals surface area contributed by atoms with E-state index in [1.807, 2.05) is 47.4 Å². The Balaban J connectivity index is 1.26. The van der Waals surface area contributed by atoms with Crippen molar-refractivity contribution in [2.45, 2.75) is 49.6 Å². The summed E-state index contributed by atoms with van der Waals surface area (Å²) in [6.45, 7) is 1.98. The maximum Gasteiger partial charge on any atom is 0.239 e. The predicted octanol–water partition coefficient (Wildman–Crippen LogP) is 3.49. The normalized spacial score (nSPS) is 21.7. The summed E-state index contributed by atoms with van der Waals surface area (Å²) in [5.41, 5.74) is 14.2. The van der Waals surface area contributed by atoms with Crippen molar-refractivity contribution in [3.8, 4) is 0 Å². The third-order valence-corrected chi connectivity index (χ3v) is 8.47. The van der Waals surface area contributed by atoms with Crippen LogP contribution in [0.1, 0.15) is 54.2 Å². The average molecular weight is 585 g/mol. The number of aliphatic imine (C=N–C) groups is 1. The molecule has 3 aromatic rings. The van der Waals surface area contributed by atoms with Gasteiger partial charge in [-0.1, -0.05) is 72.8 Å². The lowest BCUT2D eigenvalue weighted by Crippen LogP contribution is -2.49. The van der Waals surface area contributed by atoms with Gasteiger partial charge < -0.3 is 27.0 Å². The average Bonchev–Trinajstić information content (AvgIpc) is 3.84. The largest absolute Gasteiger partial charge is 0.370 e. The van der Waals surface area contributed by atoms with Crippen LogP contribution < -0.4 is 22.1 Å². The number of hydrogen-bond donors (Lipinski definition) is 4. The monoisotopic (exact) mass is 584 g/mol. The number of carbonyl (C=O) groups excluding carboxylic acids is 2. The van der Waals surface area contributed by atoms with Crippen molar-refractivity contribution >= 4 is 17.8 Å². The van der Waals surface area contributed by atoms with Gasteiger partial charge in [-0.2, -0.15) is 0 Å². The summed E-state index contributed by atoms with van der Waals surface area (Å²) in [6, 6.07) is 26.5. The quantitative estimate of drug-likeness (QED) is 0.147. The van der Waals surface area contributed by atoms with Gasteiger partial charge >= 0.3 is 0 Å². The van der Waals surface area contributed by atoms with Gasteiger partial charge in [0.05, 0.1) is 6.04 Å². The summed E-state index contributed by atoms with van der Waals surface area (Å²) in [7, 11) is 0. The molecule has 0 spiro atoms. The minimum absolute atomic E-state index is 0.0268. The molecule has 0 radical (unpaired) electrons. The highest BCUT2D eigenvalue weighted by Crippen LogP contribution is 2.47. The summed E-state index contributed by atoms with van der Waals surface area (Å²) in [5, 5.41) is 6.64. The molecule has 1 saturated heterocycles. The van der Waals surface area contributed by atoms with E-state index in [4.69, 9.17) is 11.5 Å². The number of amides is 2. The van der Waals surface area contributed by atoms with Gasteiger partial charge in [0.25, 0.3) is 0 Å². The smallest absolute Gasteiger partial charge is 0.239 e. The molecule has 8 nitrogen and oxygen atoms in total. The second-order valence-corrected chi connectivity index (χ2v) is 11.6. The van der Waals surface area contributed by atoms with Crippen LogP contribution in [0, 0.1) is 11.7 Å². The van der Waals surface area contributed by atoms with Crippen molar-refractivity contribution in [1.82, 2.24) is 15.5 Å². The first kappa shape index (κ1) is 30.2. The molecule has 4 atom stereocenters. The van der Waals surface area contributed by atoms with Crippen molar-refractivity contribution in [3.63, 3.8) is 0 Å². The van der Waals surface area contributed by atoms with Crippen molar-refractivity contribution in [2.24, 2.45) is 22.4 Å². The molecule has 2 aliphatic rings. The molecule has 1 heterocycles. The van der Waals surface area contributed by atoms with E-state index in [2.05, 4.69) is 39.9 Å². The van der Waals surface area contributed by atoms with E-state index >= 15 is 0 Å². The Labute approximate surface area is 252 Å². The summed E-state index contributed by atoms with van der Waals surface area (Å²) < 4.78 is 13.7. The molecule has 2 amide bonds. The van der Waals surface area contributed by atoms with Crippen LogP contribution >= 0.6 is 0 Å². The van der Waals surface area contributed by atoms with Crippen LogP contribution in [0.5, 0.6) is 0 Å². The van der Waals surface area contributed by atoms with Gasteiger partial charge in [-0.25, -0.2) is 4.39 Å². The first-order chi connectivity index (χ1) is 20.9. The van der Waals surface area contributed by atoms with Crippen molar-refractivity contribution in [3.05, 3.63) is 107 Å². The predicted molar refractivity (Wildman–Crippen MR) is 167 cm³/mol. The lowest BCUT2D eigenvalue weighted by Gasteiger charge is -2.29. The Hall–Kier alpha value is -4.24. The third-order valence-electron chi connectivity index (χ3n) is 8.47. The number of nitrogens with zero attached hydrogens (tertiary/aromatic N) is 2. The Morgan fingerprint density at radius 2 is 1.72 bits per heavy atom. The fraction of sp³-hybridized carbons (Fsp3) is 0.382. The molecule has 1 aliphatic carbocycles. The van der Waals surface area contributed by atoms with E-state index < -0.39 is 6.04 Å². The van der Waals surface area contributed by atoms with Gasteiger partial charge in [0.15, 0.2) is 5.96 Å². The minimum atomic E-state index is -0.424. The van der Waals surface area contributed by atoms with Gasteiger partial charge in [-0.15, -0.1) is 0 Å². The lowest BCUT2D eigenvalue weighted by molar-refractivity contribution is -0.133. The van der Waals surface area contributed by atoms with E-state index in [0.29, 0.717) is 51.9 Å². The van der Waals surface area contributed by atoms with Crippen molar-refractivity contribution < 1.29 is 14.0 Å². The molecule has 5 rings (SSSR count). The maximum atomic E-state index is 14.0. The van der Waals surface area contributed by atoms with Gasteiger partial charge in [-0.3, -0.25) is 14.6 Å². The highest BCUT2D eigenvalue weighted by Gasteiger charge is 2.44. The number of halogens is 1. The topological polar surface area (TPSA) is 126 Å².